The van der Waals surface area contributed by atoms with Crippen LogP contribution in [0.3, 0.4) is 0 Å². The van der Waals surface area contributed by atoms with Gasteiger partial charge in [-0.2, -0.15) is 0 Å². The van der Waals surface area contributed by atoms with Gasteiger partial charge in [-0.3, -0.25) is 5.84 Å². The summed E-state index contributed by atoms with van der Waals surface area (Å²) in [5.74, 6) is 3.73. The number of nitrogens with one attached hydrogen (secondary N) is 1. The molecular weight excluding hydrogens is 226 g/mol. The fourth-order valence-corrected chi connectivity index (χ4v) is 1.51. The Hall–Kier alpha value is -1.92. The SMILES string of the molecule is NNC(c1ncccn1)c1cccc(F)c1F. The fraction of sp³-hybridized carbons (Fsp3) is 0.0909. The van der Waals surface area contributed by atoms with Crippen LogP contribution < -0.4 is 11.3 Å². The Morgan fingerprint density at radius 3 is 2.47 bits per heavy atom. The Labute approximate surface area is 96.5 Å². The number of nitrogens with zero attached hydrogens (tertiary/aromatic N) is 2. The molecule has 4 nitrogen and oxygen atoms in total. The van der Waals surface area contributed by atoms with Gasteiger partial charge >= 0.3 is 0 Å². The molecule has 0 radical (unpaired) electrons. The van der Waals surface area contributed by atoms with Gasteiger partial charge in [0, 0.05) is 18.0 Å². The van der Waals surface area contributed by atoms with Crippen LogP contribution in [-0.4, -0.2) is 9.97 Å². The van der Waals surface area contributed by atoms with Crippen molar-refractivity contribution in [2.75, 3.05) is 0 Å². The van der Waals surface area contributed by atoms with Crippen molar-refractivity contribution >= 4 is 0 Å². The normalized spacial score (nSPS) is 12.4. The molecule has 0 aliphatic carbocycles. The van der Waals surface area contributed by atoms with E-state index in [1.807, 2.05) is 0 Å². The maximum Gasteiger partial charge on any atom is 0.164 e. The maximum atomic E-state index is 13.6. The Balaban J connectivity index is 2.46. The lowest BCUT2D eigenvalue weighted by molar-refractivity contribution is 0.478. The highest BCUT2D eigenvalue weighted by Crippen LogP contribution is 2.22. The lowest BCUT2D eigenvalue weighted by Crippen LogP contribution is -2.31. The number of hydrazine groups is 1. The molecule has 0 aliphatic heterocycles. The van der Waals surface area contributed by atoms with E-state index >= 15 is 0 Å². The first-order valence-electron chi connectivity index (χ1n) is 4.91. The predicted molar refractivity (Wildman–Crippen MR) is 57.6 cm³/mol. The first-order chi connectivity index (χ1) is 8.24. The van der Waals surface area contributed by atoms with Gasteiger partial charge in [0.1, 0.15) is 6.04 Å². The zero-order valence-corrected chi connectivity index (χ0v) is 8.77. The van der Waals surface area contributed by atoms with Crippen molar-refractivity contribution in [1.82, 2.24) is 15.4 Å². The number of nitrogens with two attached hydrogens (primary N) is 1. The summed E-state index contributed by atoms with van der Waals surface area (Å²) in [6.45, 7) is 0. The van der Waals surface area contributed by atoms with Gasteiger partial charge < -0.3 is 0 Å². The van der Waals surface area contributed by atoms with Crippen LogP contribution in [0.5, 0.6) is 0 Å². The quantitative estimate of drug-likeness (QED) is 0.623. The first-order valence-corrected chi connectivity index (χ1v) is 4.91. The van der Waals surface area contributed by atoms with E-state index in [1.54, 1.807) is 6.07 Å². The van der Waals surface area contributed by atoms with E-state index in [9.17, 15) is 8.78 Å². The number of benzene rings is 1. The lowest BCUT2D eigenvalue weighted by atomic mass is 10.1. The molecule has 1 unspecified atom stereocenters. The largest absolute Gasteiger partial charge is 0.270 e. The molecule has 1 aromatic heterocycles. The third kappa shape index (κ3) is 2.27. The Bertz CT molecular complexity index is 504. The van der Waals surface area contributed by atoms with Crippen LogP contribution in [0.1, 0.15) is 17.4 Å². The molecule has 2 aromatic rings. The average Bonchev–Trinajstić information content (AvgIpc) is 2.37. The van der Waals surface area contributed by atoms with E-state index in [-0.39, 0.29) is 11.4 Å². The van der Waals surface area contributed by atoms with Crippen LogP contribution in [-0.2, 0) is 0 Å². The number of aromatic nitrogens is 2. The van der Waals surface area contributed by atoms with Gasteiger partial charge in [0.25, 0.3) is 0 Å². The van der Waals surface area contributed by atoms with Gasteiger partial charge in [-0.25, -0.2) is 24.2 Å². The van der Waals surface area contributed by atoms with E-state index in [2.05, 4.69) is 15.4 Å². The van der Waals surface area contributed by atoms with Crippen molar-refractivity contribution in [3.8, 4) is 0 Å². The van der Waals surface area contributed by atoms with Crippen LogP contribution in [0.2, 0.25) is 0 Å². The second-order valence-electron chi connectivity index (χ2n) is 3.35. The van der Waals surface area contributed by atoms with Crippen molar-refractivity contribution < 1.29 is 8.78 Å². The molecule has 0 aliphatic rings. The van der Waals surface area contributed by atoms with Gasteiger partial charge in [-0.15, -0.1) is 0 Å². The van der Waals surface area contributed by atoms with Crippen molar-refractivity contribution in [3.05, 3.63) is 59.7 Å². The van der Waals surface area contributed by atoms with Crippen molar-refractivity contribution in [1.29, 1.82) is 0 Å². The third-order valence-electron chi connectivity index (χ3n) is 2.30. The zero-order valence-electron chi connectivity index (χ0n) is 8.77. The van der Waals surface area contributed by atoms with Crippen LogP contribution >= 0.6 is 0 Å². The van der Waals surface area contributed by atoms with Crippen LogP contribution in [0, 0.1) is 11.6 Å². The molecule has 0 spiro atoms. The molecule has 3 N–H and O–H groups in total. The summed E-state index contributed by atoms with van der Waals surface area (Å²) in [6.07, 6.45) is 3.01. The van der Waals surface area contributed by atoms with Gasteiger partial charge in [0.15, 0.2) is 17.5 Å². The maximum absolute atomic E-state index is 13.6. The molecule has 2 rings (SSSR count). The summed E-state index contributed by atoms with van der Waals surface area (Å²) in [6, 6.07) is 4.71. The molecular formula is C11H10F2N4. The molecule has 0 fully saturated rings. The zero-order chi connectivity index (χ0) is 12.3. The van der Waals surface area contributed by atoms with Gasteiger partial charge in [-0.05, 0) is 12.1 Å². The second kappa shape index (κ2) is 4.94. The molecule has 0 saturated carbocycles. The van der Waals surface area contributed by atoms with E-state index in [0.29, 0.717) is 0 Å². The molecule has 0 bridgehead atoms. The molecule has 1 aromatic carbocycles. The highest BCUT2D eigenvalue weighted by molar-refractivity contribution is 5.27. The number of rotatable bonds is 3. The van der Waals surface area contributed by atoms with E-state index in [0.717, 1.165) is 6.07 Å². The predicted octanol–water partition coefficient (Wildman–Crippen LogP) is 1.31. The lowest BCUT2D eigenvalue weighted by Gasteiger charge is -2.15. The average molecular weight is 236 g/mol. The molecule has 17 heavy (non-hydrogen) atoms. The number of hydrogen-bond donors (Lipinski definition) is 2. The van der Waals surface area contributed by atoms with E-state index in [4.69, 9.17) is 5.84 Å². The standard InChI is InChI=1S/C11H10F2N4/c12-8-4-1-3-7(9(8)13)10(17-14)11-15-5-2-6-16-11/h1-6,10,17H,14H2. The summed E-state index contributed by atoms with van der Waals surface area (Å²) in [7, 11) is 0. The molecule has 6 heteroatoms. The van der Waals surface area contributed by atoms with E-state index < -0.39 is 17.7 Å². The third-order valence-corrected chi connectivity index (χ3v) is 2.30. The topological polar surface area (TPSA) is 63.8 Å². The summed E-state index contributed by atoms with van der Waals surface area (Å²) in [4.78, 5) is 7.91. The first kappa shape index (κ1) is 11.6. The highest BCUT2D eigenvalue weighted by atomic mass is 19.2. The van der Waals surface area contributed by atoms with Crippen molar-refractivity contribution in [2.45, 2.75) is 6.04 Å². The molecule has 1 atom stereocenters. The van der Waals surface area contributed by atoms with Crippen molar-refractivity contribution in [2.24, 2.45) is 5.84 Å². The van der Waals surface area contributed by atoms with Crippen LogP contribution in [0.15, 0.2) is 36.7 Å². The Morgan fingerprint density at radius 1 is 1.12 bits per heavy atom. The highest BCUT2D eigenvalue weighted by Gasteiger charge is 2.20. The summed E-state index contributed by atoms with van der Waals surface area (Å²) >= 11 is 0. The summed E-state index contributed by atoms with van der Waals surface area (Å²) in [5.41, 5.74) is 2.44. The van der Waals surface area contributed by atoms with Crippen LogP contribution in [0.25, 0.3) is 0 Å². The monoisotopic (exact) mass is 236 g/mol. The Morgan fingerprint density at radius 2 is 1.82 bits per heavy atom. The van der Waals surface area contributed by atoms with Gasteiger partial charge in [0.2, 0.25) is 0 Å². The van der Waals surface area contributed by atoms with Gasteiger partial charge in [-0.1, -0.05) is 12.1 Å². The van der Waals surface area contributed by atoms with Gasteiger partial charge in [0.05, 0.1) is 0 Å². The molecule has 1 heterocycles. The number of halogens is 2. The van der Waals surface area contributed by atoms with Crippen LogP contribution in [0.4, 0.5) is 8.78 Å². The second-order valence-corrected chi connectivity index (χ2v) is 3.35. The Kier molecular flexibility index (Phi) is 3.36. The molecule has 0 amide bonds. The molecule has 88 valence electrons. The summed E-state index contributed by atoms with van der Waals surface area (Å²) in [5, 5.41) is 0. The van der Waals surface area contributed by atoms with E-state index in [1.165, 1.54) is 24.5 Å². The number of hydrogen-bond acceptors (Lipinski definition) is 4. The minimum absolute atomic E-state index is 0.0682. The summed E-state index contributed by atoms with van der Waals surface area (Å²) < 4.78 is 26.7. The minimum Gasteiger partial charge on any atom is -0.270 e. The molecule has 0 saturated heterocycles. The smallest absolute Gasteiger partial charge is 0.164 e. The minimum atomic E-state index is -0.956. The van der Waals surface area contributed by atoms with Crippen molar-refractivity contribution in [3.63, 3.8) is 0 Å². The fourth-order valence-electron chi connectivity index (χ4n) is 1.51.